The van der Waals surface area contributed by atoms with Crippen LogP contribution in [-0.2, 0) is 10.2 Å². The number of halogens is 1. The summed E-state index contributed by atoms with van der Waals surface area (Å²) < 4.78 is 6.39. The first-order valence-corrected chi connectivity index (χ1v) is 12.0. The lowest BCUT2D eigenvalue weighted by Gasteiger charge is -2.23. The van der Waals surface area contributed by atoms with Gasteiger partial charge >= 0.3 is 0 Å². The molecule has 1 aliphatic carbocycles. The summed E-state index contributed by atoms with van der Waals surface area (Å²) in [6.07, 6.45) is 1.90. The molecule has 0 aliphatic heterocycles. The summed E-state index contributed by atoms with van der Waals surface area (Å²) in [5.41, 5.74) is 1.46. The van der Waals surface area contributed by atoms with Crippen molar-refractivity contribution in [3.05, 3.63) is 69.7 Å². The molecular formula is C27H27BrN2O4. The summed E-state index contributed by atoms with van der Waals surface area (Å²) in [5, 5.41) is 7.20. The second-order valence-electron chi connectivity index (χ2n) is 9.53. The number of ketones is 1. The summed E-state index contributed by atoms with van der Waals surface area (Å²) in [6, 6.07) is 14.5. The summed E-state index contributed by atoms with van der Waals surface area (Å²) in [5.74, 6) is -1.50. The van der Waals surface area contributed by atoms with E-state index in [0.717, 1.165) is 28.3 Å². The Morgan fingerprint density at radius 3 is 2.26 bits per heavy atom. The first-order chi connectivity index (χ1) is 16.1. The van der Waals surface area contributed by atoms with Crippen molar-refractivity contribution in [3.8, 4) is 5.75 Å². The summed E-state index contributed by atoms with van der Waals surface area (Å²) in [7, 11) is 1.44. The van der Waals surface area contributed by atoms with Crippen LogP contribution < -0.4 is 15.4 Å². The third-order valence-corrected chi connectivity index (χ3v) is 6.58. The van der Waals surface area contributed by atoms with Gasteiger partial charge in [0.2, 0.25) is 0 Å². The normalized spacial score (nSPS) is 13.4. The van der Waals surface area contributed by atoms with E-state index in [1.807, 2.05) is 45.0 Å². The number of nitrogens with one attached hydrogen (secondary N) is 2. The number of carbonyl (C=O) groups is 3. The fourth-order valence-electron chi connectivity index (χ4n) is 3.80. The summed E-state index contributed by atoms with van der Waals surface area (Å²) >= 11 is 3.49. The Morgan fingerprint density at radius 1 is 0.971 bits per heavy atom. The predicted molar refractivity (Wildman–Crippen MR) is 137 cm³/mol. The molecule has 0 aromatic heterocycles. The van der Waals surface area contributed by atoms with Crippen molar-refractivity contribution in [2.75, 3.05) is 12.4 Å². The third-order valence-electron chi connectivity index (χ3n) is 5.89. The molecule has 7 heteroatoms. The van der Waals surface area contributed by atoms with Crippen molar-refractivity contribution < 1.29 is 19.1 Å². The van der Waals surface area contributed by atoms with Crippen molar-refractivity contribution in [3.63, 3.8) is 0 Å². The number of methoxy groups -OCH3 is 1. The standard InChI is InChI=1S/C27H27BrN2O4/c1-27(2,3)15-13-20(25(32)29-16-9-10-16)24(34-4)22(14-15)30-26(33)23(31)19-11-12-21(28)18-8-6-5-7-17(18)19/h5-8,11-14,16H,9-10H2,1-4H3,(H,29,32)(H,30,33). The SMILES string of the molecule is COc1c(NC(=O)C(=O)c2ccc(Br)c3ccccc23)cc(C(C)(C)C)cc1C(=O)NC1CC1. The van der Waals surface area contributed by atoms with E-state index in [2.05, 4.69) is 26.6 Å². The monoisotopic (exact) mass is 522 g/mol. The highest BCUT2D eigenvalue weighted by Gasteiger charge is 2.29. The van der Waals surface area contributed by atoms with E-state index >= 15 is 0 Å². The number of fused-ring (bicyclic) bond motifs is 1. The van der Waals surface area contributed by atoms with Crippen LogP contribution in [0.3, 0.4) is 0 Å². The zero-order valence-electron chi connectivity index (χ0n) is 19.6. The molecule has 4 rings (SSSR count). The van der Waals surface area contributed by atoms with Crippen LogP contribution in [0.5, 0.6) is 5.75 Å². The van der Waals surface area contributed by atoms with Crippen molar-refractivity contribution in [1.82, 2.24) is 5.32 Å². The van der Waals surface area contributed by atoms with Gasteiger partial charge in [-0.05, 0) is 58.9 Å². The van der Waals surface area contributed by atoms with Gasteiger partial charge in [-0.15, -0.1) is 0 Å². The molecule has 1 saturated carbocycles. The van der Waals surface area contributed by atoms with Crippen molar-refractivity contribution in [1.29, 1.82) is 0 Å². The quantitative estimate of drug-likeness (QED) is 0.325. The van der Waals surface area contributed by atoms with Crippen LogP contribution in [0.15, 0.2) is 53.0 Å². The molecule has 0 bridgehead atoms. The first-order valence-electron chi connectivity index (χ1n) is 11.2. The zero-order valence-corrected chi connectivity index (χ0v) is 21.2. The lowest BCUT2D eigenvalue weighted by molar-refractivity contribution is -0.112. The fourth-order valence-corrected chi connectivity index (χ4v) is 4.27. The van der Waals surface area contributed by atoms with Gasteiger partial charge in [-0.1, -0.05) is 61.0 Å². The number of carbonyl (C=O) groups excluding carboxylic acids is 3. The minimum atomic E-state index is -0.801. The van der Waals surface area contributed by atoms with Crippen LogP contribution in [0, 0.1) is 0 Å². The molecule has 0 saturated heterocycles. The van der Waals surface area contributed by atoms with Gasteiger partial charge in [-0.25, -0.2) is 0 Å². The molecule has 2 N–H and O–H groups in total. The van der Waals surface area contributed by atoms with Crippen LogP contribution in [0.4, 0.5) is 5.69 Å². The Hall–Kier alpha value is -3.19. The third kappa shape index (κ3) is 4.85. The molecule has 0 atom stereocenters. The smallest absolute Gasteiger partial charge is 0.296 e. The first kappa shape index (κ1) is 24.0. The number of benzene rings is 3. The molecular weight excluding hydrogens is 496 g/mol. The van der Waals surface area contributed by atoms with Crippen molar-refractivity contribution in [2.45, 2.75) is 45.1 Å². The topological polar surface area (TPSA) is 84.5 Å². The molecule has 0 radical (unpaired) electrons. The van der Waals surface area contributed by atoms with Gasteiger partial charge in [-0.2, -0.15) is 0 Å². The summed E-state index contributed by atoms with van der Waals surface area (Å²) in [4.78, 5) is 39.2. The molecule has 0 heterocycles. The van der Waals surface area contributed by atoms with Gasteiger partial charge < -0.3 is 15.4 Å². The van der Waals surface area contributed by atoms with Crippen LogP contribution >= 0.6 is 15.9 Å². The molecule has 0 unspecified atom stereocenters. The number of hydrogen-bond acceptors (Lipinski definition) is 4. The molecule has 3 aromatic carbocycles. The number of Topliss-reactive ketones (excluding diaryl/α,β-unsaturated/α-hetero) is 1. The Morgan fingerprint density at radius 2 is 1.65 bits per heavy atom. The van der Waals surface area contributed by atoms with E-state index in [9.17, 15) is 14.4 Å². The van der Waals surface area contributed by atoms with Crippen LogP contribution in [0.1, 0.15) is 59.9 Å². The van der Waals surface area contributed by atoms with Gasteiger partial charge in [0.25, 0.3) is 17.6 Å². The van der Waals surface area contributed by atoms with E-state index in [1.54, 1.807) is 24.3 Å². The minimum Gasteiger partial charge on any atom is -0.494 e. The molecule has 176 valence electrons. The Bertz CT molecular complexity index is 1310. The lowest BCUT2D eigenvalue weighted by Crippen LogP contribution is -2.28. The van der Waals surface area contributed by atoms with E-state index < -0.39 is 11.7 Å². The fraction of sp³-hybridized carbons (Fsp3) is 0.296. The number of ether oxygens (including phenoxy) is 1. The van der Waals surface area contributed by atoms with E-state index in [-0.39, 0.29) is 28.8 Å². The lowest BCUT2D eigenvalue weighted by atomic mass is 9.85. The molecule has 2 amide bonds. The summed E-state index contributed by atoms with van der Waals surface area (Å²) in [6.45, 7) is 6.05. The average molecular weight is 523 g/mol. The van der Waals surface area contributed by atoms with Gasteiger partial charge in [0, 0.05) is 16.1 Å². The van der Waals surface area contributed by atoms with Gasteiger partial charge in [0.05, 0.1) is 18.4 Å². The van der Waals surface area contributed by atoms with Crippen LogP contribution in [-0.4, -0.2) is 30.7 Å². The predicted octanol–water partition coefficient (Wildman–Crippen LogP) is 5.62. The molecule has 1 fully saturated rings. The average Bonchev–Trinajstić information content (AvgIpc) is 3.62. The van der Waals surface area contributed by atoms with E-state index in [1.165, 1.54) is 7.11 Å². The maximum Gasteiger partial charge on any atom is 0.296 e. The number of hydrogen-bond donors (Lipinski definition) is 2. The Balaban J connectivity index is 1.72. The second kappa shape index (κ2) is 9.22. The number of anilines is 1. The Labute approximate surface area is 207 Å². The number of amides is 2. The van der Waals surface area contributed by atoms with Crippen LogP contribution in [0.2, 0.25) is 0 Å². The van der Waals surface area contributed by atoms with Crippen LogP contribution in [0.25, 0.3) is 10.8 Å². The van der Waals surface area contributed by atoms with Gasteiger partial charge in [0.1, 0.15) is 0 Å². The molecule has 6 nitrogen and oxygen atoms in total. The van der Waals surface area contributed by atoms with Gasteiger partial charge in [-0.3, -0.25) is 14.4 Å². The highest BCUT2D eigenvalue weighted by atomic mass is 79.9. The maximum absolute atomic E-state index is 13.2. The second-order valence-corrected chi connectivity index (χ2v) is 10.4. The van der Waals surface area contributed by atoms with Crippen molar-refractivity contribution in [2.24, 2.45) is 0 Å². The minimum absolute atomic E-state index is 0.167. The highest BCUT2D eigenvalue weighted by molar-refractivity contribution is 9.10. The van der Waals surface area contributed by atoms with Gasteiger partial charge in [0.15, 0.2) is 5.75 Å². The maximum atomic E-state index is 13.2. The largest absolute Gasteiger partial charge is 0.494 e. The highest BCUT2D eigenvalue weighted by Crippen LogP contribution is 2.36. The number of rotatable bonds is 6. The molecule has 0 spiro atoms. The zero-order chi connectivity index (χ0) is 24.6. The van der Waals surface area contributed by atoms with Crippen molar-refractivity contribution >= 4 is 50.0 Å². The molecule has 1 aliphatic rings. The Kier molecular flexibility index (Phi) is 6.49. The van der Waals surface area contributed by atoms with E-state index in [4.69, 9.17) is 4.74 Å². The van der Waals surface area contributed by atoms with E-state index in [0.29, 0.717) is 16.5 Å². The molecule has 3 aromatic rings. The molecule has 34 heavy (non-hydrogen) atoms.